The molecule has 4 N–H and O–H groups in total. The van der Waals surface area contributed by atoms with Gasteiger partial charge in [0.2, 0.25) is 0 Å². The lowest BCUT2D eigenvalue weighted by Crippen LogP contribution is -2.49. The summed E-state index contributed by atoms with van der Waals surface area (Å²) < 4.78 is 43.1. The van der Waals surface area contributed by atoms with Crippen molar-refractivity contribution in [1.29, 1.82) is 0 Å². The number of carbonyl (C=O) groups excluding carboxylic acids is 1. The first kappa shape index (κ1) is 18.5. The monoisotopic (exact) mass is 349 g/mol. The third-order valence-electron chi connectivity index (χ3n) is 4.03. The molecule has 1 aromatic heterocycles. The summed E-state index contributed by atoms with van der Waals surface area (Å²) in [6, 6.07) is -0.701. The lowest BCUT2D eigenvalue weighted by molar-refractivity contribution is -0.175. The second kappa shape index (κ2) is 7.84. The van der Waals surface area contributed by atoms with Crippen molar-refractivity contribution in [3.05, 3.63) is 11.8 Å². The molecule has 1 fully saturated rings. The van der Waals surface area contributed by atoms with Gasteiger partial charge in [-0.1, -0.05) is 0 Å². The highest BCUT2D eigenvalue weighted by atomic mass is 19.4. The third kappa shape index (κ3) is 4.38. The molecule has 1 saturated heterocycles. The van der Waals surface area contributed by atoms with Gasteiger partial charge in [-0.05, 0) is 19.8 Å². The first-order valence-corrected chi connectivity index (χ1v) is 7.83. The van der Waals surface area contributed by atoms with Crippen molar-refractivity contribution in [3.63, 3.8) is 0 Å². The third-order valence-corrected chi connectivity index (χ3v) is 4.03. The Morgan fingerprint density at radius 2 is 2.21 bits per heavy atom. The van der Waals surface area contributed by atoms with Crippen LogP contribution < -0.4 is 16.0 Å². The summed E-state index contributed by atoms with van der Waals surface area (Å²) in [5.41, 5.74) is 6.50. The van der Waals surface area contributed by atoms with Gasteiger partial charge in [0.15, 0.2) is 0 Å². The number of nitrogens with two attached hydrogens (primary N) is 1. The van der Waals surface area contributed by atoms with Crippen molar-refractivity contribution in [3.8, 4) is 0 Å². The second-order valence-electron chi connectivity index (χ2n) is 5.58. The lowest BCUT2D eigenvalue weighted by Gasteiger charge is -2.25. The molecular weight excluding hydrogens is 327 g/mol. The van der Waals surface area contributed by atoms with Crippen LogP contribution in [0.25, 0.3) is 0 Å². The van der Waals surface area contributed by atoms with Crippen LogP contribution in [-0.2, 0) is 16.1 Å². The normalized spacial score (nSPS) is 22.3. The van der Waals surface area contributed by atoms with E-state index in [-0.39, 0.29) is 0 Å². The van der Waals surface area contributed by atoms with Gasteiger partial charge in [-0.3, -0.25) is 9.89 Å². The van der Waals surface area contributed by atoms with Gasteiger partial charge in [0.1, 0.15) is 5.82 Å². The molecule has 2 rings (SSSR count). The number of nitrogens with zero attached hydrogens (tertiary/aromatic N) is 2. The van der Waals surface area contributed by atoms with E-state index >= 15 is 0 Å². The van der Waals surface area contributed by atoms with Crippen molar-refractivity contribution < 1.29 is 22.7 Å². The molecule has 0 spiro atoms. The average Bonchev–Trinajstić information content (AvgIpc) is 2.91. The van der Waals surface area contributed by atoms with Crippen LogP contribution in [0.3, 0.4) is 0 Å². The maximum atomic E-state index is 12.5. The molecule has 0 aliphatic carbocycles. The quantitative estimate of drug-likeness (QED) is 0.735. The largest absolute Gasteiger partial charge is 0.471 e. The number of alkyl halides is 3. The van der Waals surface area contributed by atoms with Crippen molar-refractivity contribution in [2.75, 3.05) is 24.6 Å². The molecule has 24 heavy (non-hydrogen) atoms. The number of carbonyl (C=O) groups is 1. The van der Waals surface area contributed by atoms with Crippen LogP contribution >= 0.6 is 0 Å². The Kier molecular flexibility index (Phi) is 6.05. The van der Waals surface area contributed by atoms with E-state index in [4.69, 9.17) is 10.5 Å². The molecule has 10 heteroatoms. The topological polar surface area (TPSA) is 96.3 Å². The van der Waals surface area contributed by atoms with E-state index in [2.05, 4.69) is 15.5 Å². The number of nitrogens with one attached hydrogen (secondary N) is 2. The van der Waals surface area contributed by atoms with Gasteiger partial charge in [0.05, 0.1) is 18.3 Å². The number of anilines is 1. The fourth-order valence-corrected chi connectivity index (χ4v) is 2.86. The van der Waals surface area contributed by atoms with E-state index < -0.39 is 24.2 Å². The van der Waals surface area contributed by atoms with Crippen LogP contribution in [0.5, 0.6) is 0 Å². The van der Waals surface area contributed by atoms with Gasteiger partial charge in [0, 0.05) is 31.8 Å². The van der Waals surface area contributed by atoms with E-state index in [0.29, 0.717) is 39.1 Å². The van der Waals surface area contributed by atoms with Crippen molar-refractivity contribution in [2.45, 2.75) is 44.6 Å². The predicted octanol–water partition coefficient (Wildman–Crippen LogP) is 0.921. The van der Waals surface area contributed by atoms with E-state index in [1.54, 1.807) is 13.1 Å². The molecule has 0 aromatic carbocycles. The maximum absolute atomic E-state index is 12.5. The van der Waals surface area contributed by atoms with Crippen LogP contribution in [-0.4, -0.2) is 54.1 Å². The molecule has 1 aliphatic heterocycles. The number of ether oxygens (including phenoxy) is 1. The van der Waals surface area contributed by atoms with Crippen molar-refractivity contribution in [1.82, 2.24) is 15.5 Å². The molecule has 1 amide bonds. The number of aromatic nitrogens is 2. The van der Waals surface area contributed by atoms with E-state index in [9.17, 15) is 18.0 Å². The minimum Gasteiger partial charge on any atom is -0.376 e. The lowest BCUT2D eigenvalue weighted by atomic mass is 10.1. The number of hydrogen-bond donors (Lipinski definition) is 3. The molecule has 1 aromatic rings. The maximum Gasteiger partial charge on any atom is 0.471 e. The SMILES string of the molecule is CCOC1CCN(c2[nH]ncc2CN)CCC1NC(=O)C(F)(F)F. The molecule has 2 unspecified atom stereocenters. The average molecular weight is 349 g/mol. The zero-order valence-electron chi connectivity index (χ0n) is 13.4. The molecule has 2 heterocycles. The fourth-order valence-electron chi connectivity index (χ4n) is 2.86. The van der Waals surface area contributed by atoms with E-state index in [1.807, 2.05) is 4.90 Å². The first-order valence-electron chi connectivity index (χ1n) is 7.83. The van der Waals surface area contributed by atoms with Crippen LogP contribution in [0.4, 0.5) is 19.0 Å². The van der Waals surface area contributed by atoms with E-state index in [0.717, 1.165) is 11.4 Å². The van der Waals surface area contributed by atoms with Gasteiger partial charge < -0.3 is 20.7 Å². The summed E-state index contributed by atoms with van der Waals surface area (Å²) in [6.45, 7) is 3.47. The molecule has 7 nitrogen and oxygen atoms in total. The van der Waals surface area contributed by atoms with Crippen LogP contribution in [0.1, 0.15) is 25.3 Å². The highest BCUT2D eigenvalue weighted by Crippen LogP contribution is 2.24. The first-order chi connectivity index (χ1) is 11.4. The Hall–Kier alpha value is -1.81. The standard InChI is InChI=1S/C14H22F3N5O2/c1-2-24-11-4-6-22(12-9(7-18)8-19-21-12)5-3-10(11)20-13(23)14(15,16)17/h8,10-11H,2-7,18H2,1H3,(H,19,21)(H,20,23). The molecule has 0 bridgehead atoms. The summed E-state index contributed by atoms with van der Waals surface area (Å²) in [5.74, 6) is -1.18. The highest BCUT2D eigenvalue weighted by molar-refractivity contribution is 5.82. The van der Waals surface area contributed by atoms with E-state index in [1.165, 1.54) is 0 Å². The smallest absolute Gasteiger partial charge is 0.376 e. The highest BCUT2D eigenvalue weighted by Gasteiger charge is 2.41. The summed E-state index contributed by atoms with van der Waals surface area (Å²) in [4.78, 5) is 13.2. The minimum absolute atomic E-state index is 0.311. The Labute approximate surface area is 137 Å². The molecule has 0 saturated carbocycles. The van der Waals surface area contributed by atoms with Crippen LogP contribution in [0.15, 0.2) is 6.20 Å². The molecular formula is C14H22F3N5O2. The predicted molar refractivity (Wildman–Crippen MR) is 81.3 cm³/mol. The molecule has 0 radical (unpaired) electrons. The van der Waals surface area contributed by atoms with Gasteiger partial charge in [-0.2, -0.15) is 18.3 Å². The summed E-state index contributed by atoms with van der Waals surface area (Å²) in [5, 5.41) is 8.89. The van der Waals surface area contributed by atoms with Crippen LogP contribution in [0.2, 0.25) is 0 Å². The number of aromatic amines is 1. The number of halogens is 3. The van der Waals surface area contributed by atoms with Crippen molar-refractivity contribution >= 4 is 11.7 Å². The number of rotatable bonds is 5. The summed E-state index contributed by atoms with van der Waals surface area (Å²) in [6.07, 6.45) is -2.94. The van der Waals surface area contributed by atoms with Crippen LogP contribution in [0, 0.1) is 0 Å². The Bertz CT molecular complexity index is 549. The summed E-state index contributed by atoms with van der Waals surface area (Å²) >= 11 is 0. The Balaban J connectivity index is 2.10. The Morgan fingerprint density at radius 1 is 1.50 bits per heavy atom. The fraction of sp³-hybridized carbons (Fsp3) is 0.714. The molecule has 2 atom stereocenters. The Morgan fingerprint density at radius 3 is 2.83 bits per heavy atom. The number of hydrogen-bond acceptors (Lipinski definition) is 5. The van der Waals surface area contributed by atoms with Gasteiger partial charge >= 0.3 is 12.1 Å². The van der Waals surface area contributed by atoms with Gasteiger partial charge in [-0.15, -0.1) is 0 Å². The summed E-state index contributed by atoms with van der Waals surface area (Å²) in [7, 11) is 0. The minimum atomic E-state index is -4.90. The molecule has 136 valence electrons. The molecule has 1 aliphatic rings. The van der Waals surface area contributed by atoms with Gasteiger partial charge in [0.25, 0.3) is 0 Å². The van der Waals surface area contributed by atoms with Crippen molar-refractivity contribution in [2.24, 2.45) is 5.73 Å². The zero-order chi connectivity index (χ0) is 17.7. The number of amides is 1. The van der Waals surface area contributed by atoms with Gasteiger partial charge in [-0.25, -0.2) is 0 Å². The number of H-pyrrole nitrogens is 1. The zero-order valence-corrected chi connectivity index (χ0v) is 13.4. The second-order valence-corrected chi connectivity index (χ2v) is 5.58.